The molecular weight excluding hydrogens is 281 g/mol. The Balaban J connectivity index is 0. The zero-order chi connectivity index (χ0) is 10.1. The van der Waals surface area contributed by atoms with E-state index >= 15 is 0 Å². The van der Waals surface area contributed by atoms with Crippen molar-refractivity contribution in [1.29, 1.82) is 0 Å². The second kappa shape index (κ2) is 14.2. The molecule has 0 aromatic heterocycles. The molecular formula is C10H25Cl2N3Ti. The van der Waals surface area contributed by atoms with Crippen molar-refractivity contribution in [3.8, 4) is 0 Å². The molecule has 3 nitrogen and oxygen atoms in total. The number of hydrogen-bond acceptors (Lipinski definition) is 3. The van der Waals surface area contributed by atoms with Gasteiger partial charge in [0.2, 0.25) is 0 Å². The van der Waals surface area contributed by atoms with Crippen LogP contribution in [0.25, 0.3) is 0 Å². The van der Waals surface area contributed by atoms with Crippen molar-refractivity contribution in [1.82, 2.24) is 14.0 Å². The summed E-state index contributed by atoms with van der Waals surface area (Å²) in [7, 11) is 0. The van der Waals surface area contributed by atoms with Crippen LogP contribution < -0.4 is 10.6 Å². The molecule has 1 heterocycles. The van der Waals surface area contributed by atoms with Gasteiger partial charge in [-0.05, 0) is 0 Å². The quantitative estimate of drug-likeness (QED) is 0.720. The van der Waals surface area contributed by atoms with E-state index in [9.17, 15) is 0 Å². The third kappa shape index (κ3) is 10.3. The molecule has 1 saturated heterocycles. The van der Waals surface area contributed by atoms with Crippen LogP contribution in [0.2, 0.25) is 5.23 Å². The molecule has 0 atom stereocenters. The van der Waals surface area contributed by atoms with Crippen LogP contribution >= 0.6 is 24.8 Å². The monoisotopic (exact) mass is 305 g/mol. The van der Waals surface area contributed by atoms with Crippen LogP contribution in [0.4, 0.5) is 0 Å². The number of rotatable bonds is 1. The van der Waals surface area contributed by atoms with Crippen LogP contribution in [-0.4, -0.2) is 42.7 Å². The zero-order valence-corrected chi connectivity index (χ0v) is 13.3. The van der Waals surface area contributed by atoms with E-state index in [1.165, 1.54) is 58.5 Å². The standard InChI is InChI=1S/C9H20N3.CH3.2ClH.Ti/c1-4-10-6-2-8-12-9-3-7-11-5-1;;;;/h10-11H,1-9H2;1H3;2*1H;/q-1;;;;+1. The average Bonchev–Trinajstić information content (AvgIpc) is 2.19. The van der Waals surface area contributed by atoms with E-state index in [1.807, 2.05) is 0 Å². The summed E-state index contributed by atoms with van der Waals surface area (Å²) in [4.78, 5) is 0. The first-order valence-electron chi connectivity index (χ1n) is 5.77. The molecule has 0 bridgehead atoms. The summed E-state index contributed by atoms with van der Waals surface area (Å²) in [6.45, 7) is 7.36. The first kappa shape index (κ1) is 19.5. The Bertz CT molecular complexity index is 129. The molecule has 6 heteroatoms. The Labute approximate surface area is 122 Å². The molecule has 0 aromatic carbocycles. The summed E-state index contributed by atoms with van der Waals surface area (Å²) >= 11 is 0.175. The van der Waals surface area contributed by atoms with Gasteiger partial charge in [-0.15, -0.1) is 24.8 Å². The Kier molecular flexibility index (Phi) is 17.4. The number of nitrogens with zero attached hydrogens (tertiary/aromatic N) is 1. The third-order valence-electron chi connectivity index (χ3n) is 2.59. The Morgan fingerprint density at radius 1 is 0.812 bits per heavy atom. The maximum absolute atomic E-state index is 3.50. The fraction of sp³-hybridized carbons (Fsp3) is 1.00. The summed E-state index contributed by atoms with van der Waals surface area (Å²) in [5.41, 5.74) is 0. The van der Waals surface area contributed by atoms with Crippen LogP contribution in [0, 0.1) is 0 Å². The normalized spacial score (nSPS) is 20.6. The van der Waals surface area contributed by atoms with Crippen molar-refractivity contribution in [2.24, 2.45) is 0 Å². The third-order valence-corrected chi connectivity index (χ3v) is 4.27. The molecule has 1 aliphatic rings. The molecule has 1 rings (SSSR count). The van der Waals surface area contributed by atoms with E-state index in [1.54, 1.807) is 0 Å². The van der Waals surface area contributed by atoms with Gasteiger partial charge in [-0.1, -0.05) is 0 Å². The number of nitrogens with one attached hydrogen (secondary N) is 2. The van der Waals surface area contributed by atoms with Crippen LogP contribution in [0.1, 0.15) is 19.3 Å². The number of hydrogen-bond donors (Lipinski definition) is 2. The molecule has 0 amide bonds. The average molecular weight is 306 g/mol. The second-order valence-electron chi connectivity index (χ2n) is 3.77. The summed E-state index contributed by atoms with van der Waals surface area (Å²) in [5.74, 6) is 0. The molecule has 0 radical (unpaired) electrons. The summed E-state index contributed by atoms with van der Waals surface area (Å²) < 4.78 is 2.67. The summed E-state index contributed by atoms with van der Waals surface area (Å²) in [6.07, 6.45) is 3.92. The van der Waals surface area contributed by atoms with Crippen LogP contribution in [0.15, 0.2) is 0 Å². The summed E-state index contributed by atoms with van der Waals surface area (Å²) in [5, 5.41) is 9.37. The van der Waals surface area contributed by atoms with Crippen molar-refractivity contribution in [3.63, 3.8) is 0 Å². The van der Waals surface area contributed by atoms with Gasteiger partial charge in [0.15, 0.2) is 0 Å². The molecule has 0 unspecified atom stereocenters. The fourth-order valence-electron chi connectivity index (χ4n) is 1.71. The van der Waals surface area contributed by atoms with Gasteiger partial charge in [-0.25, -0.2) is 0 Å². The molecule has 0 saturated carbocycles. The molecule has 0 aliphatic carbocycles. The van der Waals surface area contributed by atoms with Crippen molar-refractivity contribution < 1.29 is 19.4 Å². The van der Waals surface area contributed by atoms with E-state index in [0.717, 1.165) is 0 Å². The SMILES string of the molecule is Cl.Cl.[CH3][Ti][N]1CCCNCCCNCCC1. The van der Waals surface area contributed by atoms with Crippen molar-refractivity contribution in [2.75, 3.05) is 39.3 Å². The van der Waals surface area contributed by atoms with Crippen LogP contribution in [0.3, 0.4) is 0 Å². The van der Waals surface area contributed by atoms with E-state index in [-0.39, 0.29) is 44.2 Å². The van der Waals surface area contributed by atoms with E-state index < -0.39 is 0 Å². The minimum atomic E-state index is 0. The van der Waals surface area contributed by atoms with Crippen LogP contribution in [-0.2, 0) is 19.4 Å². The topological polar surface area (TPSA) is 27.3 Å². The minimum absolute atomic E-state index is 0. The molecule has 98 valence electrons. The Morgan fingerprint density at radius 3 is 1.69 bits per heavy atom. The molecule has 0 spiro atoms. The molecule has 2 N–H and O–H groups in total. The Hall–Kier alpha value is 1.17. The van der Waals surface area contributed by atoms with Gasteiger partial charge in [-0.3, -0.25) is 0 Å². The zero-order valence-electron chi connectivity index (χ0n) is 10.1. The van der Waals surface area contributed by atoms with Gasteiger partial charge in [-0.2, -0.15) is 0 Å². The van der Waals surface area contributed by atoms with Gasteiger partial charge in [0.1, 0.15) is 0 Å². The molecule has 16 heavy (non-hydrogen) atoms. The van der Waals surface area contributed by atoms with Gasteiger partial charge in [0.25, 0.3) is 0 Å². The van der Waals surface area contributed by atoms with Crippen LogP contribution in [0.5, 0.6) is 0 Å². The second-order valence-corrected chi connectivity index (χ2v) is 5.46. The van der Waals surface area contributed by atoms with Gasteiger partial charge >= 0.3 is 97.2 Å². The summed E-state index contributed by atoms with van der Waals surface area (Å²) in [6, 6.07) is 0. The molecule has 1 fully saturated rings. The Morgan fingerprint density at radius 2 is 1.25 bits per heavy atom. The first-order chi connectivity index (χ1) is 6.93. The van der Waals surface area contributed by atoms with Gasteiger partial charge in [0.05, 0.1) is 0 Å². The van der Waals surface area contributed by atoms with Crippen molar-refractivity contribution in [2.45, 2.75) is 24.5 Å². The van der Waals surface area contributed by atoms with E-state index in [0.29, 0.717) is 0 Å². The predicted molar refractivity (Wildman–Crippen MR) is 71.5 cm³/mol. The van der Waals surface area contributed by atoms with E-state index in [4.69, 9.17) is 0 Å². The maximum atomic E-state index is 3.50. The van der Waals surface area contributed by atoms with Crippen molar-refractivity contribution >= 4 is 24.8 Å². The molecule has 0 aromatic rings. The molecule has 1 aliphatic heterocycles. The van der Waals surface area contributed by atoms with E-state index in [2.05, 4.69) is 19.2 Å². The van der Waals surface area contributed by atoms with Gasteiger partial charge in [0, 0.05) is 0 Å². The first-order valence-corrected chi connectivity index (χ1v) is 8.03. The fourth-order valence-corrected chi connectivity index (χ4v) is 2.91. The predicted octanol–water partition coefficient (Wildman–Crippen LogP) is 1.54. The van der Waals surface area contributed by atoms with Crippen molar-refractivity contribution in [3.05, 3.63) is 0 Å². The number of halogens is 2. The van der Waals surface area contributed by atoms with Gasteiger partial charge < -0.3 is 0 Å².